The first kappa shape index (κ1) is 21.3. The highest BCUT2D eigenvalue weighted by Crippen LogP contribution is 2.20. The SMILES string of the molecule is CCO[Si](CCCOC(C(C)O)n1cnc(C)c1)(OCC)OCC. The van der Waals surface area contributed by atoms with E-state index in [4.69, 9.17) is 18.0 Å². The van der Waals surface area contributed by atoms with Crippen LogP contribution in [-0.2, 0) is 18.0 Å². The number of aryl methyl sites for hydroxylation is 1. The van der Waals surface area contributed by atoms with Crippen LogP contribution in [0.15, 0.2) is 12.5 Å². The van der Waals surface area contributed by atoms with Crippen LogP contribution in [0.1, 0.15) is 46.0 Å². The molecule has 2 atom stereocenters. The highest BCUT2D eigenvalue weighted by Gasteiger charge is 2.39. The number of aliphatic hydroxyl groups is 1. The number of rotatable bonds is 13. The molecule has 1 N–H and O–H groups in total. The van der Waals surface area contributed by atoms with Crippen molar-refractivity contribution in [3.05, 3.63) is 18.2 Å². The van der Waals surface area contributed by atoms with Gasteiger partial charge in [-0.3, -0.25) is 0 Å². The number of hydrogen-bond donors (Lipinski definition) is 1. The molecule has 0 aliphatic heterocycles. The fourth-order valence-corrected chi connectivity index (χ4v) is 5.13. The Hall–Kier alpha value is -0.773. The minimum atomic E-state index is -2.63. The van der Waals surface area contributed by atoms with Gasteiger partial charge in [-0.05, 0) is 41.0 Å². The first-order valence-corrected chi connectivity index (χ1v) is 10.6. The molecule has 0 radical (unpaired) electrons. The summed E-state index contributed by atoms with van der Waals surface area (Å²) in [4.78, 5) is 4.18. The van der Waals surface area contributed by atoms with Gasteiger partial charge >= 0.3 is 8.80 Å². The predicted octanol–water partition coefficient (Wildman–Crippen LogP) is 2.53. The lowest BCUT2D eigenvalue weighted by Gasteiger charge is -2.29. The highest BCUT2D eigenvalue weighted by atomic mass is 28.4. The minimum absolute atomic E-state index is 0.450. The van der Waals surface area contributed by atoms with E-state index in [0.717, 1.165) is 12.1 Å². The quantitative estimate of drug-likeness (QED) is 0.430. The van der Waals surface area contributed by atoms with Crippen LogP contribution in [0.5, 0.6) is 0 Å². The number of aromatic nitrogens is 2. The summed E-state index contributed by atoms with van der Waals surface area (Å²) in [5, 5.41) is 9.95. The van der Waals surface area contributed by atoms with Gasteiger partial charge in [0.2, 0.25) is 0 Å². The standard InChI is InChI=1S/C16H32N2O5Si/c1-6-21-24(22-7-2,23-8-3)11-9-10-20-16(15(5)19)18-12-14(4)17-13-18/h12-13,15-16,19H,6-11H2,1-5H3. The fraction of sp³-hybridized carbons (Fsp3) is 0.812. The van der Waals surface area contributed by atoms with E-state index in [1.807, 2.05) is 33.9 Å². The Kier molecular flexibility index (Phi) is 9.71. The van der Waals surface area contributed by atoms with Crippen molar-refractivity contribution < 1.29 is 23.1 Å². The number of hydrogen-bond acceptors (Lipinski definition) is 6. The molecule has 1 aromatic rings. The molecule has 7 nitrogen and oxygen atoms in total. The van der Waals surface area contributed by atoms with Gasteiger partial charge in [0.05, 0.1) is 18.1 Å². The molecular weight excluding hydrogens is 328 g/mol. The van der Waals surface area contributed by atoms with E-state index in [1.165, 1.54) is 0 Å². The lowest BCUT2D eigenvalue weighted by molar-refractivity contribution is -0.0750. The maximum atomic E-state index is 9.95. The molecule has 24 heavy (non-hydrogen) atoms. The molecule has 0 saturated carbocycles. The van der Waals surface area contributed by atoms with E-state index in [9.17, 15) is 5.11 Å². The molecular formula is C16H32N2O5Si. The summed E-state index contributed by atoms with van der Waals surface area (Å²) in [6, 6.07) is 0.692. The second-order valence-electron chi connectivity index (χ2n) is 5.55. The molecule has 0 aliphatic carbocycles. The van der Waals surface area contributed by atoms with Crippen molar-refractivity contribution in [2.75, 3.05) is 26.4 Å². The largest absolute Gasteiger partial charge is 0.501 e. The first-order chi connectivity index (χ1) is 11.5. The third-order valence-electron chi connectivity index (χ3n) is 3.45. The monoisotopic (exact) mass is 360 g/mol. The number of nitrogens with zero attached hydrogens (tertiary/aromatic N) is 2. The van der Waals surface area contributed by atoms with Crippen molar-refractivity contribution in [2.24, 2.45) is 0 Å². The van der Waals surface area contributed by atoms with Gasteiger partial charge in [0.25, 0.3) is 0 Å². The Morgan fingerprint density at radius 2 is 1.75 bits per heavy atom. The van der Waals surface area contributed by atoms with E-state index >= 15 is 0 Å². The van der Waals surface area contributed by atoms with Crippen molar-refractivity contribution in [1.82, 2.24) is 9.55 Å². The van der Waals surface area contributed by atoms with Crippen molar-refractivity contribution in [1.29, 1.82) is 0 Å². The van der Waals surface area contributed by atoms with Gasteiger partial charge in [-0.2, -0.15) is 0 Å². The smallest absolute Gasteiger partial charge is 0.389 e. The fourth-order valence-electron chi connectivity index (χ4n) is 2.55. The molecule has 2 unspecified atom stereocenters. The maximum absolute atomic E-state index is 9.95. The van der Waals surface area contributed by atoms with Crippen LogP contribution in [0, 0.1) is 6.92 Å². The Balaban J connectivity index is 2.56. The minimum Gasteiger partial charge on any atom is -0.389 e. The second kappa shape index (κ2) is 11.0. The van der Waals surface area contributed by atoms with Gasteiger partial charge in [0, 0.05) is 38.7 Å². The molecule has 140 valence electrons. The van der Waals surface area contributed by atoms with Gasteiger partial charge in [-0.25, -0.2) is 4.98 Å². The summed E-state index contributed by atoms with van der Waals surface area (Å²) >= 11 is 0. The lowest BCUT2D eigenvalue weighted by atomic mass is 10.3. The average Bonchev–Trinajstić information content (AvgIpc) is 2.93. The Labute approximate surface area is 146 Å². The number of imidazole rings is 1. The molecule has 0 spiro atoms. The van der Waals surface area contributed by atoms with Gasteiger partial charge in [-0.1, -0.05) is 0 Å². The Morgan fingerprint density at radius 3 is 2.17 bits per heavy atom. The molecule has 0 aliphatic rings. The van der Waals surface area contributed by atoms with Crippen LogP contribution < -0.4 is 0 Å². The van der Waals surface area contributed by atoms with Gasteiger partial charge in [0.15, 0.2) is 6.23 Å². The zero-order chi connectivity index (χ0) is 18.0. The van der Waals surface area contributed by atoms with Crippen LogP contribution in [0.2, 0.25) is 6.04 Å². The van der Waals surface area contributed by atoms with Crippen LogP contribution in [-0.4, -0.2) is 56.0 Å². The normalized spacial score (nSPS) is 14.8. The van der Waals surface area contributed by atoms with Gasteiger partial charge in [0.1, 0.15) is 0 Å². The van der Waals surface area contributed by atoms with E-state index < -0.39 is 21.1 Å². The van der Waals surface area contributed by atoms with E-state index in [1.54, 1.807) is 17.8 Å². The second-order valence-corrected chi connectivity index (χ2v) is 8.28. The summed E-state index contributed by atoms with van der Waals surface area (Å²) in [7, 11) is -2.63. The molecule has 0 bridgehead atoms. The molecule has 0 amide bonds. The third-order valence-corrected chi connectivity index (χ3v) is 6.60. The van der Waals surface area contributed by atoms with E-state index in [0.29, 0.717) is 32.5 Å². The molecule has 0 saturated heterocycles. The molecule has 1 heterocycles. The van der Waals surface area contributed by atoms with Crippen LogP contribution in [0.4, 0.5) is 0 Å². The molecule has 1 rings (SSSR count). The highest BCUT2D eigenvalue weighted by molar-refractivity contribution is 6.60. The Bertz CT molecular complexity index is 438. The first-order valence-electron chi connectivity index (χ1n) is 8.69. The molecule has 1 aromatic heterocycles. The Morgan fingerprint density at radius 1 is 1.17 bits per heavy atom. The third kappa shape index (κ3) is 6.62. The van der Waals surface area contributed by atoms with Crippen LogP contribution in [0.25, 0.3) is 0 Å². The van der Waals surface area contributed by atoms with Gasteiger partial charge in [-0.15, -0.1) is 0 Å². The van der Waals surface area contributed by atoms with Gasteiger partial charge < -0.3 is 27.7 Å². The summed E-state index contributed by atoms with van der Waals surface area (Å²) in [5.41, 5.74) is 0.889. The molecule has 0 aromatic carbocycles. The van der Waals surface area contributed by atoms with Crippen molar-refractivity contribution in [3.8, 4) is 0 Å². The zero-order valence-corrected chi connectivity index (χ0v) is 16.5. The van der Waals surface area contributed by atoms with Crippen molar-refractivity contribution in [3.63, 3.8) is 0 Å². The maximum Gasteiger partial charge on any atom is 0.501 e. The van der Waals surface area contributed by atoms with Crippen molar-refractivity contribution in [2.45, 2.75) is 59.4 Å². The average molecular weight is 361 g/mol. The van der Waals surface area contributed by atoms with Crippen LogP contribution >= 0.6 is 0 Å². The summed E-state index contributed by atoms with van der Waals surface area (Å²) in [6.07, 6.45) is 3.19. The number of aliphatic hydroxyl groups excluding tert-OH is 1. The van der Waals surface area contributed by atoms with E-state index in [2.05, 4.69) is 4.98 Å². The topological polar surface area (TPSA) is 75.0 Å². The zero-order valence-electron chi connectivity index (χ0n) is 15.5. The number of ether oxygens (including phenoxy) is 1. The van der Waals surface area contributed by atoms with Crippen molar-refractivity contribution >= 4 is 8.80 Å². The van der Waals surface area contributed by atoms with E-state index in [-0.39, 0.29) is 0 Å². The molecule has 8 heteroatoms. The summed E-state index contributed by atoms with van der Waals surface area (Å²) in [6.45, 7) is 11.6. The van der Waals surface area contributed by atoms with Crippen LogP contribution in [0.3, 0.4) is 0 Å². The molecule has 0 fully saturated rings. The summed E-state index contributed by atoms with van der Waals surface area (Å²) < 4.78 is 25.1. The predicted molar refractivity (Wildman–Crippen MR) is 93.7 cm³/mol. The summed E-state index contributed by atoms with van der Waals surface area (Å²) in [5.74, 6) is 0. The lowest BCUT2D eigenvalue weighted by Crippen LogP contribution is -2.46.